The molecule has 24 heavy (non-hydrogen) atoms. The van der Waals surface area contributed by atoms with Gasteiger partial charge >= 0.3 is 0 Å². The second kappa shape index (κ2) is 6.41. The molecule has 0 aliphatic carbocycles. The summed E-state index contributed by atoms with van der Waals surface area (Å²) in [5.41, 5.74) is -2.02. The Morgan fingerprint density at radius 2 is 1.79 bits per heavy atom. The predicted octanol–water partition coefficient (Wildman–Crippen LogP) is 3.92. The van der Waals surface area contributed by atoms with E-state index in [9.17, 15) is 9.90 Å². The van der Waals surface area contributed by atoms with Gasteiger partial charge in [-0.2, -0.15) is 0 Å². The molecule has 0 spiro atoms. The van der Waals surface area contributed by atoms with Crippen molar-refractivity contribution in [1.29, 1.82) is 0 Å². The van der Waals surface area contributed by atoms with Crippen molar-refractivity contribution in [1.82, 2.24) is 4.90 Å². The van der Waals surface area contributed by atoms with Crippen LogP contribution in [0.3, 0.4) is 0 Å². The normalized spacial score (nSPS) is 19.9. The topological polar surface area (TPSA) is 73.9 Å². The lowest BCUT2D eigenvalue weighted by Gasteiger charge is -2.32. The zero-order valence-electron chi connectivity index (χ0n) is 12.0. The van der Waals surface area contributed by atoms with Gasteiger partial charge in [0.2, 0.25) is 5.72 Å². The second-order valence-electron chi connectivity index (χ2n) is 5.19. The molecule has 0 saturated heterocycles. The Hall–Kier alpha value is -0.950. The maximum Gasteiger partial charge on any atom is 0.258 e. The average molecular weight is 411 g/mol. The van der Waals surface area contributed by atoms with Crippen LogP contribution in [-0.4, -0.2) is 34.2 Å². The fraction of sp³-hybridized carbons (Fsp3) is 0.267. The number of rotatable bonds is 4. The van der Waals surface area contributed by atoms with Crippen molar-refractivity contribution in [3.05, 3.63) is 55.4 Å². The molecule has 0 fully saturated rings. The number of carbonyl (C=O) groups excluding carboxylic acids is 1. The number of aliphatic hydroxyl groups is 2. The van der Waals surface area contributed by atoms with Gasteiger partial charge in [0.05, 0.1) is 31.9 Å². The van der Waals surface area contributed by atoms with Crippen LogP contribution in [0.2, 0.25) is 20.1 Å². The largest absolute Gasteiger partial charge is 0.464 e. The number of nitrogens with zero attached hydrogens (tertiary/aromatic N) is 1. The quantitative estimate of drug-likeness (QED) is 0.591. The number of hydrogen-bond acceptors (Lipinski definition) is 4. The summed E-state index contributed by atoms with van der Waals surface area (Å²) in [7, 11) is 0. The van der Waals surface area contributed by atoms with Crippen LogP contribution in [-0.2, 0) is 5.72 Å². The average Bonchev–Trinajstić information content (AvgIpc) is 3.16. The molecule has 1 atom stereocenters. The number of benzene rings is 1. The van der Waals surface area contributed by atoms with E-state index < -0.39 is 11.6 Å². The van der Waals surface area contributed by atoms with E-state index >= 15 is 0 Å². The highest BCUT2D eigenvalue weighted by Gasteiger charge is 2.54. The number of aliphatic hydroxyl groups excluding tert-OH is 1. The first-order chi connectivity index (χ1) is 11.4. The monoisotopic (exact) mass is 409 g/mol. The second-order valence-corrected chi connectivity index (χ2v) is 6.70. The van der Waals surface area contributed by atoms with Gasteiger partial charge in [0.25, 0.3) is 5.91 Å². The zero-order chi connectivity index (χ0) is 17.6. The first kappa shape index (κ1) is 17.9. The molecule has 2 N–H and O–H groups in total. The van der Waals surface area contributed by atoms with Crippen LogP contribution >= 0.6 is 46.4 Å². The molecule has 128 valence electrons. The number of furan rings is 1. The van der Waals surface area contributed by atoms with E-state index in [1.54, 1.807) is 6.07 Å². The van der Waals surface area contributed by atoms with Gasteiger partial charge in [0.1, 0.15) is 0 Å². The fourth-order valence-electron chi connectivity index (χ4n) is 2.80. The molecule has 2 heterocycles. The summed E-state index contributed by atoms with van der Waals surface area (Å²) >= 11 is 24.6. The van der Waals surface area contributed by atoms with Gasteiger partial charge in [0, 0.05) is 18.7 Å². The van der Waals surface area contributed by atoms with E-state index in [-0.39, 0.29) is 56.6 Å². The van der Waals surface area contributed by atoms with E-state index in [0.717, 1.165) is 4.90 Å². The molecule has 0 saturated carbocycles. The Morgan fingerprint density at radius 3 is 2.38 bits per heavy atom. The molecule has 1 aromatic heterocycles. The smallest absolute Gasteiger partial charge is 0.258 e. The van der Waals surface area contributed by atoms with Crippen molar-refractivity contribution in [3.63, 3.8) is 0 Å². The molecule has 0 radical (unpaired) electrons. The molecule has 9 heteroatoms. The summed E-state index contributed by atoms with van der Waals surface area (Å²) < 4.78 is 5.32. The third-order valence-electron chi connectivity index (χ3n) is 3.87. The lowest BCUT2D eigenvalue weighted by atomic mass is 9.98. The van der Waals surface area contributed by atoms with Crippen molar-refractivity contribution < 1.29 is 19.4 Å². The minimum Gasteiger partial charge on any atom is -0.464 e. The molecular weight excluding hydrogens is 400 g/mol. The van der Waals surface area contributed by atoms with Gasteiger partial charge in [-0.25, -0.2) is 0 Å². The zero-order valence-corrected chi connectivity index (χ0v) is 15.0. The van der Waals surface area contributed by atoms with Crippen molar-refractivity contribution in [2.24, 2.45) is 0 Å². The Balaban J connectivity index is 2.33. The lowest BCUT2D eigenvalue weighted by Crippen LogP contribution is -2.45. The van der Waals surface area contributed by atoms with E-state index in [2.05, 4.69) is 0 Å². The summed E-state index contributed by atoms with van der Waals surface area (Å²) in [6, 6.07) is 3.06. The first-order valence-corrected chi connectivity index (χ1v) is 8.42. The molecule has 2 aromatic rings. The Morgan fingerprint density at radius 1 is 1.12 bits per heavy atom. The Bertz CT molecular complexity index is 809. The minimum absolute atomic E-state index is 0.0152. The molecule has 0 unspecified atom stereocenters. The van der Waals surface area contributed by atoms with Crippen LogP contribution in [0.1, 0.15) is 28.1 Å². The number of fused-ring (bicyclic) bond motifs is 1. The molecule has 1 aliphatic heterocycles. The van der Waals surface area contributed by atoms with Gasteiger partial charge in [-0.15, -0.1) is 0 Å². The number of hydrogen-bond donors (Lipinski definition) is 2. The van der Waals surface area contributed by atoms with Crippen molar-refractivity contribution in [2.45, 2.75) is 12.1 Å². The van der Waals surface area contributed by atoms with E-state index in [4.69, 9.17) is 55.9 Å². The van der Waals surface area contributed by atoms with Gasteiger partial charge < -0.3 is 14.6 Å². The molecule has 1 amide bonds. The minimum atomic E-state index is -2.00. The van der Waals surface area contributed by atoms with E-state index in [0.29, 0.717) is 0 Å². The van der Waals surface area contributed by atoms with Gasteiger partial charge in [-0.05, 0) is 18.6 Å². The summed E-state index contributed by atoms with van der Waals surface area (Å²) in [5, 5.41) is 20.1. The Labute approximate surface area is 157 Å². The standard InChI is InChI=1S/C15H11Cl4NO4/c16-10-8-9(11(17)13(19)12(10)18)15(23,7-3-1-6-24-7)20(14(8)22)4-2-5-21/h1,3,6,21,23H,2,4-5H2/t15-/m1/s1. The van der Waals surface area contributed by atoms with Gasteiger partial charge in [-0.3, -0.25) is 9.69 Å². The molecule has 0 bridgehead atoms. The van der Waals surface area contributed by atoms with Crippen LogP contribution in [0.4, 0.5) is 0 Å². The van der Waals surface area contributed by atoms with Crippen molar-refractivity contribution in [3.8, 4) is 0 Å². The predicted molar refractivity (Wildman–Crippen MR) is 90.9 cm³/mol. The van der Waals surface area contributed by atoms with Crippen LogP contribution in [0.15, 0.2) is 22.8 Å². The van der Waals surface area contributed by atoms with Crippen molar-refractivity contribution >= 4 is 52.3 Å². The Kier molecular flexibility index (Phi) is 4.77. The summed E-state index contributed by atoms with van der Waals surface area (Å²) in [6.07, 6.45) is 1.59. The summed E-state index contributed by atoms with van der Waals surface area (Å²) in [6.45, 7) is -0.125. The lowest BCUT2D eigenvalue weighted by molar-refractivity contribution is -0.0658. The van der Waals surface area contributed by atoms with E-state index in [1.807, 2.05) is 0 Å². The molecule has 5 nitrogen and oxygen atoms in total. The SMILES string of the molecule is O=C1c2c(Cl)c(Cl)c(Cl)c(Cl)c2[C@](O)(c2ccco2)N1CCCO. The fourth-order valence-corrected chi connectivity index (χ4v) is 3.87. The van der Waals surface area contributed by atoms with Gasteiger partial charge in [-0.1, -0.05) is 46.4 Å². The van der Waals surface area contributed by atoms with Crippen molar-refractivity contribution in [2.75, 3.05) is 13.2 Å². The molecule has 1 aliphatic rings. The third-order valence-corrected chi connectivity index (χ3v) is 5.67. The molecular formula is C15H11Cl4NO4. The number of carbonyl (C=O) groups is 1. The first-order valence-electron chi connectivity index (χ1n) is 6.91. The highest BCUT2D eigenvalue weighted by molar-refractivity contribution is 6.53. The summed E-state index contributed by atoms with van der Waals surface area (Å²) in [5.74, 6) is -0.508. The van der Waals surface area contributed by atoms with Gasteiger partial charge in [0.15, 0.2) is 5.76 Å². The maximum atomic E-state index is 12.8. The number of amides is 1. The summed E-state index contributed by atoms with van der Waals surface area (Å²) in [4.78, 5) is 14.0. The highest BCUT2D eigenvalue weighted by Crippen LogP contribution is 2.52. The van der Waals surface area contributed by atoms with Crippen LogP contribution < -0.4 is 0 Å². The molecule has 1 aromatic carbocycles. The maximum absolute atomic E-state index is 12.8. The highest BCUT2D eigenvalue weighted by atomic mass is 35.5. The van der Waals surface area contributed by atoms with E-state index in [1.165, 1.54) is 12.3 Å². The molecule has 3 rings (SSSR count). The third kappa shape index (κ3) is 2.35. The number of halogens is 4. The van der Waals surface area contributed by atoms with Crippen LogP contribution in [0.25, 0.3) is 0 Å². The van der Waals surface area contributed by atoms with Crippen LogP contribution in [0, 0.1) is 0 Å². The van der Waals surface area contributed by atoms with Crippen LogP contribution in [0.5, 0.6) is 0 Å².